The van der Waals surface area contributed by atoms with Crippen LogP contribution in [0.3, 0.4) is 0 Å². The molecule has 6 rings (SSSR count). The monoisotopic (exact) mass is 399 g/mol. The second-order valence-corrected chi connectivity index (χ2v) is 7.84. The van der Waals surface area contributed by atoms with E-state index in [0.717, 1.165) is 33.6 Å². The van der Waals surface area contributed by atoms with Gasteiger partial charge in [0, 0.05) is 39.8 Å². The van der Waals surface area contributed by atoms with E-state index >= 15 is 0 Å². The number of furan rings is 1. The summed E-state index contributed by atoms with van der Waals surface area (Å²) in [5.74, 6) is 1.82. The first-order valence-corrected chi connectivity index (χ1v) is 10.5. The van der Waals surface area contributed by atoms with E-state index in [-0.39, 0.29) is 0 Å². The number of benzene rings is 4. The second kappa shape index (κ2) is 7.03. The molecule has 31 heavy (non-hydrogen) atoms. The highest BCUT2D eigenvalue weighted by Crippen LogP contribution is 2.45. The maximum Gasteiger partial charge on any atom is 0.159 e. The van der Waals surface area contributed by atoms with Crippen molar-refractivity contribution in [1.29, 1.82) is 0 Å². The fourth-order valence-corrected chi connectivity index (χ4v) is 4.63. The van der Waals surface area contributed by atoms with Gasteiger partial charge in [-0.3, -0.25) is 0 Å². The van der Waals surface area contributed by atoms with Crippen LogP contribution < -0.4 is 0 Å². The maximum atomic E-state index is 6.69. The van der Waals surface area contributed by atoms with Gasteiger partial charge in [-0.1, -0.05) is 103 Å². The molecule has 148 valence electrons. The Morgan fingerprint density at radius 3 is 1.71 bits per heavy atom. The molecule has 0 unspecified atom stereocenters. The van der Waals surface area contributed by atoms with Crippen molar-refractivity contribution in [3.63, 3.8) is 0 Å². The third kappa shape index (κ3) is 2.72. The highest BCUT2D eigenvalue weighted by Gasteiger charge is 2.24. The fraction of sp³-hybridized carbons (Fsp3) is 0.0345. The summed E-state index contributed by atoms with van der Waals surface area (Å²) in [5.41, 5.74) is 5.78. The van der Waals surface area contributed by atoms with Gasteiger partial charge in [-0.25, -0.2) is 0 Å². The zero-order valence-electron chi connectivity index (χ0n) is 17.2. The summed E-state index contributed by atoms with van der Waals surface area (Å²) in [6, 6.07) is 38.0. The molecule has 0 saturated heterocycles. The van der Waals surface area contributed by atoms with Crippen molar-refractivity contribution in [3.05, 3.63) is 109 Å². The number of hydrogen-bond donors (Lipinski definition) is 0. The van der Waals surface area contributed by atoms with E-state index in [1.54, 1.807) is 0 Å². The first kappa shape index (κ1) is 17.8. The zero-order valence-corrected chi connectivity index (χ0v) is 17.2. The number of rotatable bonds is 3. The van der Waals surface area contributed by atoms with E-state index in [4.69, 9.17) is 4.42 Å². The van der Waals surface area contributed by atoms with E-state index in [9.17, 15) is 0 Å². The summed E-state index contributed by atoms with van der Waals surface area (Å²) in [7, 11) is 2.13. The standard InChI is InChI=1S/C29H21NO/c1-30-25-19-11-10-18-24(25)26(20-12-4-2-5-13-20)27(30)29-23-17-9-8-16-22(23)28(31-29)21-14-6-3-7-15-21/h2-19H,1H3. The molecule has 4 aromatic carbocycles. The maximum absolute atomic E-state index is 6.69. The van der Waals surface area contributed by atoms with E-state index in [2.05, 4.69) is 115 Å². The predicted octanol–water partition coefficient (Wildman–Crippen LogP) is 7.93. The quantitative estimate of drug-likeness (QED) is 0.295. The van der Waals surface area contributed by atoms with Gasteiger partial charge in [-0.05, 0) is 11.6 Å². The van der Waals surface area contributed by atoms with E-state index in [1.807, 2.05) is 6.07 Å². The third-order valence-corrected chi connectivity index (χ3v) is 6.04. The van der Waals surface area contributed by atoms with Crippen LogP contribution in [-0.4, -0.2) is 4.57 Å². The van der Waals surface area contributed by atoms with Crippen molar-refractivity contribution in [3.8, 4) is 33.9 Å². The lowest BCUT2D eigenvalue weighted by molar-refractivity contribution is 0.597. The molecule has 6 aromatic rings. The Morgan fingerprint density at radius 2 is 1.03 bits per heavy atom. The first-order chi connectivity index (χ1) is 15.3. The highest BCUT2D eigenvalue weighted by molar-refractivity contribution is 6.10. The van der Waals surface area contributed by atoms with Crippen molar-refractivity contribution in [2.45, 2.75) is 0 Å². The molecule has 0 radical (unpaired) electrons. The topological polar surface area (TPSA) is 18.1 Å². The summed E-state index contributed by atoms with van der Waals surface area (Å²) in [6.07, 6.45) is 0. The van der Waals surface area contributed by atoms with Crippen molar-refractivity contribution in [2.75, 3.05) is 0 Å². The van der Waals surface area contributed by atoms with Crippen LogP contribution in [0.15, 0.2) is 114 Å². The predicted molar refractivity (Wildman–Crippen MR) is 129 cm³/mol. The summed E-state index contributed by atoms with van der Waals surface area (Å²) >= 11 is 0. The Kier molecular flexibility index (Phi) is 4.03. The summed E-state index contributed by atoms with van der Waals surface area (Å²) in [5, 5.41) is 3.49. The molecule has 2 nitrogen and oxygen atoms in total. The molecule has 0 fully saturated rings. The number of fused-ring (bicyclic) bond motifs is 2. The Balaban J connectivity index is 1.74. The smallest absolute Gasteiger partial charge is 0.159 e. The lowest BCUT2D eigenvalue weighted by atomic mass is 9.99. The van der Waals surface area contributed by atoms with Crippen molar-refractivity contribution >= 4 is 21.7 Å². The first-order valence-electron chi connectivity index (χ1n) is 10.5. The van der Waals surface area contributed by atoms with E-state index in [0.29, 0.717) is 0 Å². The molecular formula is C29H21NO. The number of aromatic nitrogens is 1. The minimum absolute atomic E-state index is 0.909. The van der Waals surface area contributed by atoms with Gasteiger partial charge in [-0.15, -0.1) is 0 Å². The Morgan fingerprint density at radius 1 is 0.516 bits per heavy atom. The van der Waals surface area contributed by atoms with Crippen LogP contribution in [0, 0.1) is 0 Å². The molecule has 0 atom stereocenters. The molecule has 0 aliphatic rings. The fourth-order valence-electron chi connectivity index (χ4n) is 4.63. The Hall–Kier alpha value is -4.04. The average Bonchev–Trinajstić information content (AvgIpc) is 3.36. The van der Waals surface area contributed by atoms with Gasteiger partial charge in [0.15, 0.2) is 5.76 Å². The van der Waals surface area contributed by atoms with Crippen LogP contribution in [0.1, 0.15) is 0 Å². The van der Waals surface area contributed by atoms with Crippen molar-refractivity contribution < 1.29 is 4.42 Å². The summed E-state index contributed by atoms with van der Waals surface area (Å²) < 4.78 is 8.95. The van der Waals surface area contributed by atoms with Crippen LogP contribution >= 0.6 is 0 Å². The van der Waals surface area contributed by atoms with E-state index in [1.165, 1.54) is 22.0 Å². The normalized spacial score (nSPS) is 11.4. The number of para-hydroxylation sites is 1. The zero-order chi connectivity index (χ0) is 20.8. The molecule has 0 aliphatic heterocycles. The van der Waals surface area contributed by atoms with Crippen molar-refractivity contribution in [1.82, 2.24) is 4.57 Å². The molecule has 2 heteroatoms. The molecule has 0 bridgehead atoms. The minimum atomic E-state index is 0.909. The van der Waals surface area contributed by atoms with Gasteiger partial charge in [0.05, 0.1) is 5.69 Å². The molecule has 0 spiro atoms. The minimum Gasteiger partial charge on any atom is -0.453 e. The summed E-state index contributed by atoms with van der Waals surface area (Å²) in [4.78, 5) is 0. The molecular weight excluding hydrogens is 378 g/mol. The van der Waals surface area contributed by atoms with Crippen LogP contribution in [0.4, 0.5) is 0 Å². The lowest BCUT2D eigenvalue weighted by Gasteiger charge is -2.07. The molecule has 0 aliphatic carbocycles. The Labute approximate surface area is 181 Å². The van der Waals surface area contributed by atoms with Gasteiger partial charge in [0.2, 0.25) is 0 Å². The van der Waals surface area contributed by atoms with Gasteiger partial charge in [-0.2, -0.15) is 0 Å². The van der Waals surface area contributed by atoms with Gasteiger partial charge >= 0.3 is 0 Å². The van der Waals surface area contributed by atoms with Crippen LogP contribution in [0.5, 0.6) is 0 Å². The van der Waals surface area contributed by atoms with Gasteiger partial charge in [0.25, 0.3) is 0 Å². The van der Waals surface area contributed by atoms with E-state index < -0.39 is 0 Å². The number of hydrogen-bond acceptors (Lipinski definition) is 1. The third-order valence-electron chi connectivity index (χ3n) is 6.04. The average molecular weight is 399 g/mol. The largest absolute Gasteiger partial charge is 0.453 e. The number of aryl methyl sites for hydroxylation is 1. The molecule has 2 heterocycles. The van der Waals surface area contributed by atoms with Crippen LogP contribution in [-0.2, 0) is 7.05 Å². The molecule has 2 aromatic heterocycles. The second-order valence-electron chi connectivity index (χ2n) is 7.84. The SMILES string of the molecule is Cn1c(-c2oc(-c3ccccc3)c3ccccc23)c(-c2ccccc2)c2ccccc21. The molecule has 0 amide bonds. The Bertz CT molecular complexity index is 1520. The number of nitrogens with zero attached hydrogens (tertiary/aromatic N) is 1. The van der Waals surface area contributed by atoms with Crippen LogP contribution in [0.2, 0.25) is 0 Å². The lowest BCUT2D eigenvalue weighted by Crippen LogP contribution is -1.92. The molecule has 0 saturated carbocycles. The van der Waals surface area contributed by atoms with Gasteiger partial charge in [0.1, 0.15) is 5.76 Å². The highest BCUT2D eigenvalue weighted by atomic mass is 16.3. The molecule has 0 N–H and O–H groups in total. The van der Waals surface area contributed by atoms with Crippen LogP contribution in [0.25, 0.3) is 55.6 Å². The van der Waals surface area contributed by atoms with Gasteiger partial charge < -0.3 is 8.98 Å². The summed E-state index contributed by atoms with van der Waals surface area (Å²) in [6.45, 7) is 0. The van der Waals surface area contributed by atoms with Crippen molar-refractivity contribution in [2.24, 2.45) is 7.05 Å².